The van der Waals surface area contributed by atoms with Crippen molar-refractivity contribution in [3.05, 3.63) is 45.6 Å². The van der Waals surface area contributed by atoms with Crippen LogP contribution < -0.4 is 16.0 Å². The van der Waals surface area contributed by atoms with E-state index in [-0.39, 0.29) is 23.9 Å². The highest BCUT2D eigenvalue weighted by molar-refractivity contribution is 6.40. The van der Waals surface area contributed by atoms with Crippen LogP contribution >= 0.6 is 0 Å². The van der Waals surface area contributed by atoms with Crippen molar-refractivity contribution in [2.75, 3.05) is 11.6 Å². The van der Waals surface area contributed by atoms with E-state index in [4.69, 9.17) is 0 Å². The van der Waals surface area contributed by atoms with Crippen LogP contribution in [0.15, 0.2) is 28.1 Å². The zero-order valence-corrected chi connectivity index (χ0v) is 18.1. The molecule has 0 spiro atoms. The summed E-state index contributed by atoms with van der Waals surface area (Å²) in [6.45, 7) is 5.47. The van der Waals surface area contributed by atoms with Gasteiger partial charge in [0.1, 0.15) is 11.5 Å². The molecule has 0 fully saturated rings. The monoisotopic (exact) mass is 424 g/mol. The van der Waals surface area contributed by atoms with Crippen molar-refractivity contribution >= 4 is 23.2 Å². The molecule has 0 saturated heterocycles. The second-order valence-electron chi connectivity index (χ2n) is 8.18. The summed E-state index contributed by atoms with van der Waals surface area (Å²) < 4.78 is 3.24. The molecule has 9 heteroatoms. The molecule has 0 bridgehead atoms. The topological polar surface area (TPSA) is 102 Å². The number of hydrogen-bond donors (Lipinski definition) is 1. The van der Waals surface area contributed by atoms with Crippen molar-refractivity contribution in [3.8, 4) is 0 Å². The Kier molecular flexibility index (Phi) is 6.01. The molecule has 0 unspecified atom stereocenters. The van der Waals surface area contributed by atoms with Crippen molar-refractivity contribution in [3.63, 3.8) is 0 Å². The zero-order chi connectivity index (χ0) is 22.0. The first-order valence-electron chi connectivity index (χ1n) is 10.9. The van der Waals surface area contributed by atoms with Crippen molar-refractivity contribution in [1.29, 1.82) is 0 Å². The van der Waals surface area contributed by atoms with Gasteiger partial charge < -0.3 is 5.32 Å². The Balaban J connectivity index is 1.36. The first-order chi connectivity index (χ1) is 14.9. The van der Waals surface area contributed by atoms with Gasteiger partial charge in [-0.2, -0.15) is 10.2 Å². The van der Waals surface area contributed by atoms with Gasteiger partial charge in [0.05, 0.1) is 5.69 Å². The van der Waals surface area contributed by atoms with Gasteiger partial charge >= 0.3 is 5.69 Å². The molecule has 0 radical (unpaired) electrons. The molecule has 1 aromatic carbocycles. The smallest absolute Gasteiger partial charge is 0.345 e. The van der Waals surface area contributed by atoms with E-state index in [0.717, 1.165) is 42.8 Å². The summed E-state index contributed by atoms with van der Waals surface area (Å²) in [4.78, 5) is 37.4. The first kappa shape index (κ1) is 21.0. The third-order valence-corrected chi connectivity index (χ3v) is 5.75. The highest BCUT2D eigenvalue weighted by atomic mass is 16.2. The maximum Gasteiger partial charge on any atom is 0.345 e. The van der Waals surface area contributed by atoms with E-state index < -0.39 is 0 Å². The van der Waals surface area contributed by atoms with Crippen LogP contribution in [-0.4, -0.2) is 38.4 Å². The van der Waals surface area contributed by atoms with E-state index in [1.54, 1.807) is 4.57 Å². The molecule has 2 aliphatic heterocycles. The lowest BCUT2D eigenvalue weighted by atomic mass is 10.1. The normalized spacial score (nSPS) is 16.1. The van der Waals surface area contributed by atoms with Crippen LogP contribution in [0.3, 0.4) is 0 Å². The minimum atomic E-state index is -0.278. The molecule has 2 aromatic rings. The number of carbonyl (C=O) groups excluding carboxylic acids is 2. The third-order valence-electron chi connectivity index (χ3n) is 5.75. The number of hydrogen-bond acceptors (Lipinski definition) is 5. The van der Waals surface area contributed by atoms with Crippen molar-refractivity contribution in [2.45, 2.75) is 65.5 Å². The molecular formula is C22H28N6O3. The second kappa shape index (κ2) is 8.87. The summed E-state index contributed by atoms with van der Waals surface area (Å²) in [5.41, 5.74) is 2.93. The van der Waals surface area contributed by atoms with Crippen molar-refractivity contribution in [1.82, 2.24) is 19.7 Å². The molecular weight excluding hydrogens is 396 g/mol. The van der Waals surface area contributed by atoms with E-state index in [1.165, 1.54) is 9.69 Å². The van der Waals surface area contributed by atoms with Crippen LogP contribution in [0.4, 0.5) is 5.69 Å². The van der Waals surface area contributed by atoms with Crippen LogP contribution in [0.2, 0.25) is 0 Å². The van der Waals surface area contributed by atoms with Gasteiger partial charge in [-0.1, -0.05) is 12.1 Å². The van der Waals surface area contributed by atoms with Gasteiger partial charge in [-0.05, 0) is 50.3 Å². The van der Waals surface area contributed by atoms with E-state index in [0.29, 0.717) is 37.3 Å². The average molecular weight is 425 g/mol. The predicted octanol–water partition coefficient (Wildman–Crippen LogP) is 1.69. The van der Waals surface area contributed by atoms with Crippen LogP contribution in [-0.2, 0) is 29.1 Å². The molecule has 164 valence electrons. The molecule has 3 heterocycles. The molecule has 1 aromatic heterocycles. The molecule has 0 atom stereocenters. The number of nitrogens with zero attached hydrogens (tertiary/aromatic N) is 5. The van der Waals surface area contributed by atoms with Crippen molar-refractivity contribution in [2.24, 2.45) is 5.10 Å². The summed E-state index contributed by atoms with van der Waals surface area (Å²) in [5, 5.41) is 13.0. The average Bonchev–Trinajstić information content (AvgIpc) is 3.09. The number of fused-ring (bicyclic) bond motifs is 1. The lowest BCUT2D eigenvalue weighted by Crippen LogP contribution is -2.39. The van der Waals surface area contributed by atoms with Crippen LogP contribution in [0.5, 0.6) is 0 Å². The van der Waals surface area contributed by atoms with Crippen LogP contribution in [0.1, 0.15) is 49.1 Å². The maximum atomic E-state index is 12.6. The number of amides is 2. The minimum absolute atomic E-state index is 0.0691. The number of hydrazone groups is 1. The molecule has 2 aliphatic rings. The Morgan fingerprint density at radius 3 is 2.77 bits per heavy atom. The Hall–Kier alpha value is -3.23. The maximum absolute atomic E-state index is 12.6. The molecule has 0 aliphatic carbocycles. The lowest BCUT2D eigenvalue weighted by molar-refractivity contribution is -0.119. The van der Waals surface area contributed by atoms with Gasteiger partial charge in [0.15, 0.2) is 0 Å². The summed E-state index contributed by atoms with van der Waals surface area (Å²) in [6, 6.07) is 5.82. The number of nitrogens with one attached hydrogen (secondary N) is 1. The van der Waals surface area contributed by atoms with E-state index >= 15 is 0 Å². The molecule has 1 N–H and O–H groups in total. The van der Waals surface area contributed by atoms with Gasteiger partial charge in [-0.25, -0.2) is 14.5 Å². The number of aryl methyl sites for hydroxylation is 4. The van der Waals surface area contributed by atoms with Gasteiger partial charge in [-0.3, -0.25) is 14.2 Å². The summed E-state index contributed by atoms with van der Waals surface area (Å²) in [6.07, 6.45) is 4.08. The minimum Gasteiger partial charge on any atom is -0.351 e. The summed E-state index contributed by atoms with van der Waals surface area (Å²) >= 11 is 0. The Labute approximate surface area is 180 Å². The van der Waals surface area contributed by atoms with E-state index in [2.05, 4.69) is 15.5 Å². The fourth-order valence-corrected chi connectivity index (χ4v) is 3.98. The number of anilines is 1. The highest BCUT2D eigenvalue weighted by Crippen LogP contribution is 2.25. The van der Waals surface area contributed by atoms with E-state index in [1.807, 2.05) is 32.0 Å². The molecule has 31 heavy (non-hydrogen) atoms. The second-order valence-corrected chi connectivity index (χ2v) is 8.18. The van der Waals surface area contributed by atoms with Gasteiger partial charge in [0.2, 0.25) is 5.91 Å². The fourth-order valence-electron chi connectivity index (χ4n) is 3.98. The Bertz CT molecular complexity index is 1100. The van der Waals surface area contributed by atoms with Gasteiger partial charge in [0, 0.05) is 38.9 Å². The molecule has 4 rings (SSSR count). The quantitative estimate of drug-likeness (QED) is 0.713. The van der Waals surface area contributed by atoms with Gasteiger partial charge in [-0.15, -0.1) is 0 Å². The Morgan fingerprint density at radius 1 is 1.13 bits per heavy atom. The SMILES string of the molecule is Cc1ccc(C)c(N2N=C(C(=O)NCCCn3nc4n(c3=O)CCCC4)CCC2=O)c1. The number of rotatable bonds is 6. The van der Waals surface area contributed by atoms with E-state index in [9.17, 15) is 14.4 Å². The fraction of sp³-hybridized carbons (Fsp3) is 0.500. The largest absolute Gasteiger partial charge is 0.351 e. The highest BCUT2D eigenvalue weighted by Gasteiger charge is 2.26. The van der Waals surface area contributed by atoms with Crippen LogP contribution in [0, 0.1) is 13.8 Å². The third kappa shape index (κ3) is 4.45. The molecule has 2 amide bonds. The first-order valence-corrected chi connectivity index (χ1v) is 10.9. The van der Waals surface area contributed by atoms with Crippen molar-refractivity contribution < 1.29 is 9.59 Å². The lowest BCUT2D eigenvalue weighted by Gasteiger charge is -2.24. The standard InChI is InChI=1S/C22H28N6O3/c1-15-7-8-16(2)18(14-15)28-20(29)10-9-17(24-28)21(30)23-11-5-13-27-22(31)26-12-4-3-6-19(26)25-27/h7-8,14H,3-6,9-13H2,1-2H3,(H,23,30). The summed E-state index contributed by atoms with van der Waals surface area (Å²) in [5.74, 6) is 0.459. The number of aromatic nitrogens is 3. The predicted molar refractivity (Wildman–Crippen MR) is 117 cm³/mol. The summed E-state index contributed by atoms with van der Waals surface area (Å²) in [7, 11) is 0. The Morgan fingerprint density at radius 2 is 1.97 bits per heavy atom. The van der Waals surface area contributed by atoms with Gasteiger partial charge in [0.25, 0.3) is 5.91 Å². The molecule has 9 nitrogen and oxygen atoms in total. The molecule has 0 saturated carbocycles. The zero-order valence-electron chi connectivity index (χ0n) is 18.1. The van der Waals surface area contributed by atoms with Crippen LogP contribution in [0.25, 0.3) is 0 Å². The number of carbonyl (C=O) groups is 2. The number of benzene rings is 1.